The summed E-state index contributed by atoms with van der Waals surface area (Å²) in [5, 5.41) is 63.2. The van der Waals surface area contributed by atoms with Gasteiger partial charge in [0.1, 0.15) is 66.5 Å². The third-order valence-electron chi connectivity index (χ3n) is 17.1. The molecule has 0 saturated carbocycles. The molecule has 38 nitrogen and oxygen atoms in total. The Morgan fingerprint density at radius 3 is 1.36 bits per heavy atom. The van der Waals surface area contributed by atoms with E-state index in [1.165, 1.54) is 21.6 Å². The summed E-state index contributed by atoms with van der Waals surface area (Å²) < 4.78 is 0. The number of hydrogen-bond acceptors (Lipinski definition) is 22. The van der Waals surface area contributed by atoms with Gasteiger partial charge in [-0.1, -0.05) is 13.8 Å². The highest BCUT2D eigenvalue weighted by Gasteiger charge is 2.47. The molecule has 0 radical (unpaired) electrons. The van der Waals surface area contributed by atoms with Crippen molar-refractivity contribution in [3.63, 3.8) is 0 Å². The van der Waals surface area contributed by atoms with E-state index in [0.717, 1.165) is 4.90 Å². The Bertz CT molecular complexity index is 2850. The van der Waals surface area contributed by atoms with Crippen molar-refractivity contribution < 1.29 is 97.1 Å². The van der Waals surface area contributed by atoms with Gasteiger partial charge in [-0.3, -0.25) is 71.9 Å². The van der Waals surface area contributed by atoms with Crippen molar-refractivity contribution in [2.75, 3.05) is 78.7 Å². The average molecular weight is 1390 g/mol. The third-order valence-corrected chi connectivity index (χ3v) is 17.1. The minimum absolute atomic E-state index is 0.0195. The first kappa shape index (κ1) is 81.7. The van der Waals surface area contributed by atoms with Crippen LogP contribution < -0.4 is 76.1 Å². The lowest BCUT2D eigenvalue weighted by atomic mass is 10.0. The molecule has 550 valence electrons. The first-order valence-electron chi connectivity index (χ1n) is 33.2. The number of aliphatic hydroxyl groups is 3. The normalized spacial score (nSPS) is 19.9. The molecule has 4 heterocycles. The molecule has 0 spiro atoms. The largest absolute Gasteiger partial charge is 0.480 e. The number of carbonyl (C=O) groups is 16. The van der Waals surface area contributed by atoms with Gasteiger partial charge in [0.2, 0.25) is 88.6 Å². The van der Waals surface area contributed by atoms with E-state index in [1.54, 1.807) is 0 Å². The van der Waals surface area contributed by atoms with E-state index in [1.807, 2.05) is 13.8 Å². The number of aliphatic carboxylic acids is 1. The fraction of sp³-hybridized carbons (Fsp3) is 0.733. The summed E-state index contributed by atoms with van der Waals surface area (Å²) in [5.74, 6) is -14.0. The lowest BCUT2D eigenvalue weighted by Crippen LogP contribution is -2.59. The smallest absolute Gasteiger partial charge is 0.326 e. The molecule has 0 aromatic carbocycles. The maximum absolute atomic E-state index is 14.3. The standard InChI is InChI=1S/C60H100N18O20/c1-32(2)24-34(63)49(86)69-35(12-4-6-18-61)52(89)71-37(25-45(64)82)50(87)66-26-46(83)65-28-48(85)75-20-8-14-41(75)55(92)73-40(31-81)54(91)72-38(29-79)51(88)67-27-47(84)68-33(3)57(94)77-22-10-16-43(77)59(96)78-23-11-17-44(78)58(95)76-21-9-15-42(76)56(93)74-39(30-80)53(90)70-36(60(97)98)13-5-7-19-62/h32-44,79-81H,4-31,61-63H2,1-3H3,(H2,64,82)(H,65,83)(H,66,87)(H,67,88)(H,68,84)(H,69,86)(H,70,90)(H,71,89)(H,72,91)(H,73,92)(H,74,93)(H,97,98)/t33-,34-,35-,36-,37-,38-,39-,40-,41-,42-,43-,44-/m0/s1. The van der Waals surface area contributed by atoms with Crippen molar-refractivity contribution in [3.05, 3.63) is 0 Å². The molecule has 0 bridgehead atoms. The zero-order valence-corrected chi connectivity index (χ0v) is 55.7. The van der Waals surface area contributed by atoms with Crippen molar-refractivity contribution in [1.82, 2.24) is 72.8 Å². The second kappa shape index (κ2) is 40.9. The Hall–Kier alpha value is -8.72. The summed E-state index contributed by atoms with van der Waals surface area (Å²) in [6.45, 7) is 0.877. The average Bonchev–Trinajstić information content (AvgIpc) is 1.63. The van der Waals surface area contributed by atoms with Gasteiger partial charge in [-0.2, -0.15) is 0 Å². The van der Waals surface area contributed by atoms with Gasteiger partial charge >= 0.3 is 5.97 Å². The highest BCUT2D eigenvalue weighted by atomic mass is 16.4. The molecule has 12 atom stereocenters. The first-order chi connectivity index (χ1) is 46.5. The second-order valence-corrected chi connectivity index (χ2v) is 25.0. The number of unbranched alkanes of at least 4 members (excludes halogenated alkanes) is 2. The number of hydrogen-bond donors (Lipinski definition) is 18. The molecule has 15 amide bonds. The highest BCUT2D eigenvalue weighted by molar-refractivity contribution is 6.00. The van der Waals surface area contributed by atoms with Crippen molar-refractivity contribution in [1.29, 1.82) is 0 Å². The van der Waals surface area contributed by atoms with Crippen LogP contribution in [0.4, 0.5) is 0 Å². The van der Waals surface area contributed by atoms with Gasteiger partial charge in [0.15, 0.2) is 0 Å². The van der Waals surface area contributed by atoms with Crippen LogP contribution in [0.25, 0.3) is 0 Å². The van der Waals surface area contributed by atoms with E-state index in [9.17, 15) is 97.1 Å². The van der Waals surface area contributed by atoms with E-state index in [-0.39, 0.29) is 70.6 Å². The Labute approximate surface area is 566 Å². The van der Waals surface area contributed by atoms with Crippen LogP contribution in [-0.4, -0.2) is 286 Å². The summed E-state index contributed by atoms with van der Waals surface area (Å²) >= 11 is 0. The molecular weight excluding hydrogens is 1290 g/mol. The van der Waals surface area contributed by atoms with E-state index < -0.39 is 213 Å². The van der Waals surface area contributed by atoms with E-state index in [0.29, 0.717) is 70.9 Å². The number of carbonyl (C=O) groups excluding carboxylic acids is 15. The molecule has 4 rings (SSSR count). The molecule has 0 unspecified atom stereocenters. The van der Waals surface area contributed by atoms with Crippen LogP contribution in [0.3, 0.4) is 0 Å². The number of carboxylic acid groups (broad SMARTS) is 1. The van der Waals surface area contributed by atoms with Crippen molar-refractivity contribution in [3.8, 4) is 0 Å². The number of nitrogens with one attached hydrogen (secondary N) is 10. The Balaban J connectivity index is 1.24. The summed E-state index contributed by atoms with van der Waals surface area (Å²) in [7, 11) is 0. The predicted molar refractivity (Wildman–Crippen MR) is 343 cm³/mol. The second-order valence-electron chi connectivity index (χ2n) is 25.0. The van der Waals surface area contributed by atoms with E-state index in [4.69, 9.17) is 22.9 Å². The fourth-order valence-corrected chi connectivity index (χ4v) is 11.9. The van der Waals surface area contributed by atoms with Gasteiger partial charge < -0.3 is 116 Å². The number of nitrogens with two attached hydrogens (primary N) is 4. The number of rotatable bonds is 40. The Kier molecular flexibility index (Phi) is 34.1. The molecular formula is C60H100N18O20. The Morgan fingerprint density at radius 2 is 0.857 bits per heavy atom. The molecule has 38 heteroatoms. The van der Waals surface area contributed by atoms with E-state index in [2.05, 4.69) is 53.2 Å². The molecule has 22 N–H and O–H groups in total. The number of nitrogens with zero attached hydrogens (tertiary/aromatic N) is 4. The van der Waals surface area contributed by atoms with Crippen molar-refractivity contribution in [2.24, 2.45) is 28.9 Å². The zero-order valence-electron chi connectivity index (χ0n) is 55.7. The fourth-order valence-electron chi connectivity index (χ4n) is 11.9. The number of likely N-dealkylation sites (tertiary alicyclic amines) is 4. The highest BCUT2D eigenvalue weighted by Crippen LogP contribution is 2.29. The third kappa shape index (κ3) is 24.7. The molecule has 4 fully saturated rings. The topological polar surface area (TPSA) is 591 Å². The van der Waals surface area contributed by atoms with Gasteiger partial charge in [-0.15, -0.1) is 0 Å². The summed E-state index contributed by atoms with van der Waals surface area (Å²) in [6, 6.07) is -15.7. The first-order valence-corrected chi connectivity index (χ1v) is 33.2. The molecule has 4 saturated heterocycles. The van der Waals surface area contributed by atoms with Crippen LogP contribution in [0.1, 0.15) is 124 Å². The molecule has 98 heavy (non-hydrogen) atoms. The molecule has 4 aliphatic heterocycles. The van der Waals surface area contributed by atoms with Crippen LogP contribution in [0.2, 0.25) is 0 Å². The lowest BCUT2D eigenvalue weighted by Gasteiger charge is -2.34. The monoisotopic (exact) mass is 1390 g/mol. The minimum Gasteiger partial charge on any atom is -0.480 e. The van der Waals surface area contributed by atoms with Gasteiger partial charge in [-0.25, -0.2) is 4.79 Å². The maximum Gasteiger partial charge on any atom is 0.326 e. The molecule has 0 aromatic rings. The SMILES string of the molecule is CC(C)C[C@H](N)C(=O)N[C@@H](CCCCN)C(=O)N[C@@H](CC(N)=O)C(=O)NCC(=O)NCC(=O)N1CCC[C@H]1C(=O)N[C@@H](CO)C(=O)N[C@@H](CO)C(=O)NCC(=O)N[C@@H](C)C(=O)N1CCC[C@H]1C(=O)N1CCC[C@H]1C(=O)N1CCC[C@H]1C(=O)N[C@@H](CO)C(=O)N[C@@H](CCCCN)C(=O)O. The number of amides is 15. The van der Waals surface area contributed by atoms with Crippen LogP contribution in [-0.2, 0) is 76.7 Å². The molecule has 0 aromatic heterocycles. The number of primary amides is 1. The van der Waals surface area contributed by atoms with Crippen LogP contribution >= 0.6 is 0 Å². The maximum atomic E-state index is 14.3. The lowest BCUT2D eigenvalue weighted by molar-refractivity contribution is -0.151. The van der Waals surface area contributed by atoms with E-state index >= 15 is 0 Å². The van der Waals surface area contributed by atoms with Crippen LogP contribution in [0.5, 0.6) is 0 Å². The summed E-state index contributed by atoms with van der Waals surface area (Å²) in [5.41, 5.74) is 22.4. The minimum atomic E-state index is -1.76. The van der Waals surface area contributed by atoms with Crippen LogP contribution in [0.15, 0.2) is 0 Å². The Morgan fingerprint density at radius 1 is 0.449 bits per heavy atom. The van der Waals surface area contributed by atoms with Gasteiger partial charge in [-0.05, 0) is 122 Å². The molecule has 0 aliphatic carbocycles. The summed E-state index contributed by atoms with van der Waals surface area (Å²) in [6.07, 6.45) is 3.81. The van der Waals surface area contributed by atoms with Gasteiger partial charge in [0, 0.05) is 26.2 Å². The van der Waals surface area contributed by atoms with Gasteiger partial charge in [0.25, 0.3) is 0 Å². The number of aliphatic hydroxyl groups excluding tert-OH is 3. The van der Waals surface area contributed by atoms with Gasteiger partial charge in [0.05, 0.1) is 51.9 Å². The van der Waals surface area contributed by atoms with Crippen molar-refractivity contribution in [2.45, 2.75) is 196 Å². The molecule has 4 aliphatic rings. The zero-order chi connectivity index (χ0) is 72.9. The quantitative estimate of drug-likeness (QED) is 0.0253. The summed E-state index contributed by atoms with van der Waals surface area (Å²) in [4.78, 5) is 216. The van der Waals surface area contributed by atoms with Crippen LogP contribution in [0, 0.1) is 5.92 Å². The number of carboxylic acids is 1. The van der Waals surface area contributed by atoms with Crippen molar-refractivity contribution >= 4 is 94.6 Å². The predicted octanol–water partition coefficient (Wildman–Crippen LogP) is -9.72.